The Bertz CT molecular complexity index is 145. The van der Waals surface area contributed by atoms with Crippen LogP contribution in [0.2, 0.25) is 0 Å². The standard InChI is InChI=1S/C9H22N4/c1-4-6-8(3)12-9(13-10)11-7-5-2/h8H,4-7,10H2,1-3H3,(H2,11,12,13). The topological polar surface area (TPSA) is 62.4 Å². The van der Waals surface area contributed by atoms with E-state index in [0.717, 1.165) is 19.4 Å². The molecule has 0 saturated carbocycles. The number of guanidine groups is 1. The van der Waals surface area contributed by atoms with Crippen molar-refractivity contribution >= 4 is 5.96 Å². The molecule has 4 nitrogen and oxygen atoms in total. The van der Waals surface area contributed by atoms with Gasteiger partial charge in [0.05, 0.1) is 0 Å². The fourth-order valence-corrected chi connectivity index (χ4v) is 1.10. The van der Waals surface area contributed by atoms with Gasteiger partial charge >= 0.3 is 0 Å². The number of hydrogen-bond donors (Lipinski definition) is 3. The van der Waals surface area contributed by atoms with Crippen LogP contribution in [0.3, 0.4) is 0 Å². The highest BCUT2D eigenvalue weighted by molar-refractivity contribution is 5.79. The molecule has 0 bridgehead atoms. The van der Waals surface area contributed by atoms with Gasteiger partial charge < -0.3 is 5.32 Å². The number of nitrogens with two attached hydrogens (primary N) is 1. The number of hydrogen-bond acceptors (Lipinski definition) is 2. The third kappa shape index (κ3) is 6.40. The van der Waals surface area contributed by atoms with Crippen molar-refractivity contribution in [1.82, 2.24) is 10.7 Å². The summed E-state index contributed by atoms with van der Waals surface area (Å²) in [5, 5.41) is 3.22. The Morgan fingerprint density at radius 3 is 2.54 bits per heavy atom. The second kappa shape index (κ2) is 7.86. The third-order valence-electron chi connectivity index (χ3n) is 1.74. The zero-order chi connectivity index (χ0) is 10.1. The van der Waals surface area contributed by atoms with E-state index in [0.29, 0.717) is 12.0 Å². The first-order valence-electron chi connectivity index (χ1n) is 5.02. The van der Waals surface area contributed by atoms with Crippen molar-refractivity contribution in [3.63, 3.8) is 0 Å². The van der Waals surface area contributed by atoms with E-state index in [1.54, 1.807) is 0 Å². The van der Waals surface area contributed by atoms with Crippen molar-refractivity contribution in [2.24, 2.45) is 10.8 Å². The summed E-state index contributed by atoms with van der Waals surface area (Å²) in [5.74, 6) is 6.01. The van der Waals surface area contributed by atoms with Crippen LogP contribution >= 0.6 is 0 Å². The predicted molar refractivity (Wildman–Crippen MR) is 57.4 cm³/mol. The first-order chi connectivity index (χ1) is 6.24. The fourth-order valence-electron chi connectivity index (χ4n) is 1.10. The maximum Gasteiger partial charge on any atom is 0.205 e. The summed E-state index contributed by atoms with van der Waals surface area (Å²) in [5.41, 5.74) is 2.57. The Balaban J connectivity index is 3.82. The quantitative estimate of drug-likeness (QED) is 0.260. The molecule has 1 atom stereocenters. The molecule has 0 aromatic rings. The highest BCUT2D eigenvalue weighted by Crippen LogP contribution is 1.93. The van der Waals surface area contributed by atoms with E-state index in [1.165, 1.54) is 6.42 Å². The van der Waals surface area contributed by atoms with Crippen LogP contribution < -0.4 is 16.6 Å². The summed E-state index contributed by atoms with van der Waals surface area (Å²) < 4.78 is 0. The van der Waals surface area contributed by atoms with E-state index in [9.17, 15) is 0 Å². The molecule has 13 heavy (non-hydrogen) atoms. The molecule has 0 heterocycles. The summed E-state index contributed by atoms with van der Waals surface area (Å²) in [6, 6.07) is 0.427. The van der Waals surface area contributed by atoms with Gasteiger partial charge in [-0.1, -0.05) is 20.3 Å². The van der Waals surface area contributed by atoms with Crippen LogP contribution in [-0.2, 0) is 0 Å². The molecule has 0 rings (SSSR count). The molecule has 0 amide bonds. The second-order valence-electron chi connectivity index (χ2n) is 3.21. The van der Waals surface area contributed by atoms with Gasteiger partial charge in [0.2, 0.25) is 5.96 Å². The molecule has 0 radical (unpaired) electrons. The molecule has 0 aliphatic rings. The van der Waals surface area contributed by atoms with Crippen molar-refractivity contribution < 1.29 is 0 Å². The molecule has 0 aliphatic heterocycles. The molecule has 0 fully saturated rings. The fraction of sp³-hybridized carbons (Fsp3) is 0.889. The summed E-state index contributed by atoms with van der Waals surface area (Å²) >= 11 is 0. The minimum atomic E-state index is 0.427. The van der Waals surface area contributed by atoms with Crippen molar-refractivity contribution in [3.8, 4) is 0 Å². The van der Waals surface area contributed by atoms with Gasteiger partial charge in [0.1, 0.15) is 0 Å². The summed E-state index contributed by atoms with van der Waals surface area (Å²) in [4.78, 5) is 4.25. The van der Waals surface area contributed by atoms with Crippen LogP contribution in [-0.4, -0.2) is 18.5 Å². The first-order valence-corrected chi connectivity index (χ1v) is 5.02. The van der Waals surface area contributed by atoms with Gasteiger partial charge in [-0.15, -0.1) is 0 Å². The Morgan fingerprint density at radius 2 is 2.08 bits per heavy atom. The maximum absolute atomic E-state index is 5.31. The van der Waals surface area contributed by atoms with Crippen LogP contribution in [0.1, 0.15) is 40.0 Å². The highest BCUT2D eigenvalue weighted by Gasteiger charge is 2.01. The van der Waals surface area contributed by atoms with Gasteiger partial charge in [-0.3, -0.25) is 10.4 Å². The summed E-state index contributed by atoms with van der Waals surface area (Å²) in [7, 11) is 0. The molecule has 1 unspecified atom stereocenters. The van der Waals surface area contributed by atoms with Crippen LogP contribution in [0.5, 0.6) is 0 Å². The number of rotatable bonds is 5. The summed E-state index contributed by atoms with van der Waals surface area (Å²) in [6.45, 7) is 7.19. The van der Waals surface area contributed by atoms with E-state index >= 15 is 0 Å². The first kappa shape index (κ1) is 12.2. The van der Waals surface area contributed by atoms with Gasteiger partial charge in [0.15, 0.2) is 0 Å². The minimum absolute atomic E-state index is 0.427. The highest BCUT2D eigenvalue weighted by atomic mass is 15.3. The monoisotopic (exact) mass is 186 g/mol. The lowest BCUT2D eigenvalue weighted by molar-refractivity contribution is 0.584. The minimum Gasteiger partial charge on any atom is -0.353 e. The number of nitrogens with one attached hydrogen (secondary N) is 2. The van der Waals surface area contributed by atoms with Gasteiger partial charge in [-0.25, -0.2) is 5.84 Å². The molecule has 0 spiro atoms. The molecule has 78 valence electrons. The zero-order valence-electron chi connectivity index (χ0n) is 8.93. The lowest BCUT2D eigenvalue weighted by atomic mass is 10.2. The lowest BCUT2D eigenvalue weighted by Gasteiger charge is -2.15. The van der Waals surface area contributed by atoms with Crippen LogP contribution in [0, 0.1) is 0 Å². The van der Waals surface area contributed by atoms with E-state index in [1.807, 2.05) is 0 Å². The van der Waals surface area contributed by atoms with Crippen molar-refractivity contribution in [3.05, 3.63) is 0 Å². The smallest absolute Gasteiger partial charge is 0.205 e. The van der Waals surface area contributed by atoms with Crippen molar-refractivity contribution in [1.29, 1.82) is 0 Å². The summed E-state index contributed by atoms with van der Waals surface area (Å²) in [6.07, 6.45) is 3.33. The van der Waals surface area contributed by atoms with Gasteiger partial charge in [0, 0.05) is 12.6 Å². The lowest BCUT2D eigenvalue weighted by Crippen LogP contribution is -2.45. The number of hydrazine groups is 1. The predicted octanol–water partition coefficient (Wildman–Crippen LogP) is 0.994. The largest absolute Gasteiger partial charge is 0.353 e. The average Bonchev–Trinajstić information content (AvgIpc) is 2.12. The molecule has 0 aromatic carbocycles. The SMILES string of the molecule is CCCN=C(NN)NC(C)CCC. The van der Waals surface area contributed by atoms with E-state index in [4.69, 9.17) is 5.84 Å². The maximum atomic E-state index is 5.31. The Kier molecular flexibility index (Phi) is 7.39. The molecular weight excluding hydrogens is 164 g/mol. The van der Waals surface area contributed by atoms with Crippen molar-refractivity contribution in [2.45, 2.75) is 46.1 Å². The van der Waals surface area contributed by atoms with Crippen molar-refractivity contribution in [2.75, 3.05) is 6.54 Å². The van der Waals surface area contributed by atoms with Crippen LogP contribution in [0.4, 0.5) is 0 Å². The average molecular weight is 186 g/mol. The normalized spacial score (nSPS) is 14.0. The van der Waals surface area contributed by atoms with Gasteiger partial charge in [0.25, 0.3) is 0 Å². The number of aliphatic imine (C=N–C) groups is 1. The Labute approximate surface area is 81.0 Å². The van der Waals surface area contributed by atoms with Crippen LogP contribution in [0.15, 0.2) is 4.99 Å². The second-order valence-corrected chi connectivity index (χ2v) is 3.21. The Hall–Kier alpha value is -0.770. The van der Waals surface area contributed by atoms with Crippen LogP contribution in [0.25, 0.3) is 0 Å². The van der Waals surface area contributed by atoms with E-state index in [2.05, 4.69) is 36.5 Å². The zero-order valence-corrected chi connectivity index (χ0v) is 8.93. The van der Waals surface area contributed by atoms with E-state index < -0.39 is 0 Å². The molecule has 0 saturated heterocycles. The molecule has 4 heteroatoms. The molecule has 0 aliphatic carbocycles. The third-order valence-corrected chi connectivity index (χ3v) is 1.74. The van der Waals surface area contributed by atoms with E-state index in [-0.39, 0.29) is 0 Å². The molecule has 4 N–H and O–H groups in total. The van der Waals surface area contributed by atoms with Gasteiger partial charge in [-0.2, -0.15) is 0 Å². The molecule has 0 aromatic heterocycles. The molecular formula is C9H22N4. The van der Waals surface area contributed by atoms with Gasteiger partial charge in [-0.05, 0) is 19.8 Å². The number of nitrogens with zero attached hydrogens (tertiary/aromatic N) is 1. The Morgan fingerprint density at radius 1 is 1.38 bits per heavy atom.